The van der Waals surface area contributed by atoms with Crippen molar-refractivity contribution in [2.45, 2.75) is 32.2 Å². The van der Waals surface area contributed by atoms with Gasteiger partial charge in [0.25, 0.3) is 0 Å². The van der Waals surface area contributed by atoms with Gasteiger partial charge < -0.3 is 9.67 Å². The van der Waals surface area contributed by atoms with Gasteiger partial charge in [-0.2, -0.15) is 0 Å². The number of rotatable bonds is 1. The SMILES string of the molecule is CC1=CC(=O)c2c(CO)c3n(c2C1=O)C[C@H]1[C@@H]3N1C. The number of carbonyl (C=O) groups is 2. The molecule has 0 saturated carbocycles. The first-order valence-corrected chi connectivity index (χ1v) is 6.41. The molecule has 1 fully saturated rings. The lowest BCUT2D eigenvalue weighted by molar-refractivity contribution is 0.0977. The van der Waals surface area contributed by atoms with Gasteiger partial charge in [-0.15, -0.1) is 0 Å². The molecule has 4 rings (SSSR count). The van der Waals surface area contributed by atoms with E-state index in [1.807, 2.05) is 11.6 Å². The van der Waals surface area contributed by atoms with Gasteiger partial charge in [0.2, 0.25) is 5.78 Å². The molecule has 3 heterocycles. The summed E-state index contributed by atoms with van der Waals surface area (Å²) >= 11 is 0. The molecule has 5 heteroatoms. The Morgan fingerprint density at radius 2 is 2.16 bits per heavy atom. The normalized spacial score (nSPS) is 30.9. The molecule has 0 spiro atoms. The van der Waals surface area contributed by atoms with Crippen LogP contribution in [0.1, 0.15) is 45.1 Å². The second-order valence-corrected chi connectivity index (χ2v) is 5.55. The number of nitrogens with zero attached hydrogens (tertiary/aromatic N) is 2. The van der Waals surface area contributed by atoms with Crippen molar-refractivity contribution in [3.05, 3.63) is 34.2 Å². The number of ketones is 2. The van der Waals surface area contributed by atoms with E-state index < -0.39 is 0 Å². The maximum Gasteiger partial charge on any atom is 0.206 e. The first kappa shape index (κ1) is 11.1. The summed E-state index contributed by atoms with van der Waals surface area (Å²) in [6, 6.07) is 0.674. The minimum Gasteiger partial charge on any atom is -0.392 e. The molecule has 1 aliphatic carbocycles. The van der Waals surface area contributed by atoms with Crippen LogP contribution in [0.25, 0.3) is 0 Å². The Labute approximate surface area is 110 Å². The van der Waals surface area contributed by atoms with Gasteiger partial charge in [0.1, 0.15) is 5.69 Å². The Balaban J connectivity index is 2.02. The van der Waals surface area contributed by atoms with Crippen molar-refractivity contribution in [1.29, 1.82) is 0 Å². The molecule has 0 amide bonds. The Kier molecular flexibility index (Phi) is 1.90. The highest BCUT2D eigenvalue weighted by Crippen LogP contribution is 2.51. The van der Waals surface area contributed by atoms with E-state index in [0.29, 0.717) is 28.4 Å². The van der Waals surface area contributed by atoms with Gasteiger partial charge in [-0.1, -0.05) is 0 Å². The topological polar surface area (TPSA) is 62.3 Å². The number of allylic oxidation sites excluding steroid dienone is 2. The predicted molar refractivity (Wildman–Crippen MR) is 67.1 cm³/mol. The average molecular weight is 258 g/mol. The highest BCUT2D eigenvalue weighted by atomic mass is 16.3. The zero-order valence-electron chi connectivity index (χ0n) is 10.8. The number of fused-ring (bicyclic) bond motifs is 5. The van der Waals surface area contributed by atoms with Crippen LogP contribution >= 0.6 is 0 Å². The summed E-state index contributed by atoms with van der Waals surface area (Å²) in [6.07, 6.45) is 1.38. The number of hydrogen-bond acceptors (Lipinski definition) is 4. The lowest BCUT2D eigenvalue weighted by Crippen LogP contribution is -2.20. The summed E-state index contributed by atoms with van der Waals surface area (Å²) in [6.45, 7) is 2.22. The zero-order chi connectivity index (χ0) is 13.5. The molecule has 2 aliphatic heterocycles. The van der Waals surface area contributed by atoms with E-state index in [1.54, 1.807) is 6.92 Å². The van der Waals surface area contributed by atoms with Crippen LogP contribution < -0.4 is 0 Å². The molecule has 1 N–H and O–H groups in total. The van der Waals surface area contributed by atoms with Crippen molar-refractivity contribution in [2.75, 3.05) is 7.05 Å². The highest BCUT2D eigenvalue weighted by Gasteiger charge is 2.55. The predicted octanol–water partition coefficient (Wildman–Crippen LogP) is 0.674. The Morgan fingerprint density at radius 3 is 2.84 bits per heavy atom. The monoisotopic (exact) mass is 258 g/mol. The molecule has 98 valence electrons. The number of aliphatic hydroxyl groups excluding tert-OH is 1. The third-order valence-corrected chi connectivity index (χ3v) is 4.62. The first-order chi connectivity index (χ1) is 9.06. The van der Waals surface area contributed by atoms with Gasteiger partial charge in [0.15, 0.2) is 5.78 Å². The van der Waals surface area contributed by atoms with E-state index in [0.717, 1.165) is 12.2 Å². The van der Waals surface area contributed by atoms with Crippen LogP contribution in [0.5, 0.6) is 0 Å². The smallest absolute Gasteiger partial charge is 0.206 e. The van der Waals surface area contributed by atoms with Crippen LogP contribution in [0.3, 0.4) is 0 Å². The van der Waals surface area contributed by atoms with Gasteiger partial charge in [0, 0.05) is 29.4 Å². The van der Waals surface area contributed by atoms with Crippen molar-refractivity contribution in [3.63, 3.8) is 0 Å². The summed E-state index contributed by atoms with van der Waals surface area (Å²) < 4.78 is 1.95. The van der Waals surface area contributed by atoms with Crippen molar-refractivity contribution >= 4 is 11.6 Å². The van der Waals surface area contributed by atoms with Gasteiger partial charge in [-0.3, -0.25) is 14.5 Å². The van der Waals surface area contributed by atoms with E-state index in [2.05, 4.69) is 4.90 Å². The minimum absolute atomic E-state index is 0.0838. The van der Waals surface area contributed by atoms with Crippen LogP contribution in [0.4, 0.5) is 0 Å². The number of hydrogen-bond donors (Lipinski definition) is 1. The number of carbonyl (C=O) groups excluding carboxylic acids is 2. The van der Waals surface area contributed by atoms with E-state index in [1.165, 1.54) is 6.08 Å². The molecular formula is C14H14N2O3. The molecule has 3 aliphatic rings. The van der Waals surface area contributed by atoms with E-state index >= 15 is 0 Å². The van der Waals surface area contributed by atoms with Crippen molar-refractivity contribution < 1.29 is 14.7 Å². The van der Waals surface area contributed by atoms with Crippen molar-refractivity contribution in [3.8, 4) is 0 Å². The van der Waals surface area contributed by atoms with Gasteiger partial charge in [-0.05, 0) is 20.0 Å². The number of aliphatic hydroxyl groups is 1. The van der Waals surface area contributed by atoms with Crippen LogP contribution in [-0.4, -0.2) is 39.2 Å². The Bertz CT molecular complexity index is 683. The summed E-state index contributed by atoms with van der Waals surface area (Å²) in [5, 5.41) is 9.62. The third-order valence-electron chi connectivity index (χ3n) is 4.62. The molecule has 1 aromatic heterocycles. The number of Topliss-reactive ketones (excluding diaryl/α,β-unsaturated/α-hetero) is 1. The second-order valence-electron chi connectivity index (χ2n) is 5.55. The zero-order valence-corrected chi connectivity index (χ0v) is 10.8. The van der Waals surface area contributed by atoms with Gasteiger partial charge in [-0.25, -0.2) is 0 Å². The standard InChI is InChI=1S/C14H14N2O3/c1-6-3-9(18)10-7(5-17)11-12-8(15(12)2)4-16(11)13(10)14(6)19/h3,8,12,17H,4-5H2,1-2H3/t8-,12-,15?/m0/s1. The van der Waals surface area contributed by atoms with Crippen LogP contribution in [-0.2, 0) is 13.2 Å². The fraction of sp³-hybridized carbons (Fsp3) is 0.429. The summed E-state index contributed by atoms with van der Waals surface area (Å²) in [7, 11) is 2.03. The summed E-state index contributed by atoms with van der Waals surface area (Å²) in [5.74, 6) is -0.239. The van der Waals surface area contributed by atoms with Gasteiger partial charge in [0.05, 0.1) is 18.2 Å². The van der Waals surface area contributed by atoms with Crippen LogP contribution in [0.2, 0.25) is 0 Å². The van der Waals surface area contributed by atoms with Gasteiger partial charge >= 0.3 is 0 Å². The third kappa shape index (κ3) is 1.13. The number of likely N-dealkylation sites (N-methyl/N-ethyl adjacent to an activating group) is 1. The summed E-state index contributed by atoms with van der Waals surface area (Å²) in [5.41, 5.74) is 3.01. The average Bonchev–Trinajstić information content (AvgIpc) is 2.76. The van der Waals surface area contributed by atoms with E-state index in [9.17, 15) is 14.7 Å². The fourth-order valence-electron chi connectivity index (χ4n) is 3.59. The molecule has 0 radical (unpaired) electrons. The van der Waals surface area contributed by atoms with Crippen LogP contribution in [0.15, 0.2) is 11.6 Å². The highest BCUT2D eigenvalue weighted by molar-refractivity contribution is 6.24. The molecule has 1 saturated heterocycles. The molecule has 1 unspecified atom stereocenters. The van der Waals surface area contributed by atoms with E-state index in [-0.39, 0.29) is 24.2 Å². The second kappa shape index (κ2) is 3.23. The lowest BCUT2D eigenvalue weighted by atomic mass is 9.92. The fourth-order valence-corrected chi connectivity index (χ4v) is 3.59. The van der Waals surface area contributed by atoms with Crippen LogP contribution in [0, 0.1) is 0 Å². The molecular weight excluding hydrogens is 244 g/mol. The molecule has 19 heavy (non-hydrogen) atoms. The maximum atomic E-state index is 12.3. The Morgan fingerprint density at radius 1 is 1.42 bits per heavy atom. The molecule has 0 bridgehead atoms. The number of aromatic nitrogens is 1. The summed E-state index contributed by atoms with van der Waals surface area (Å²) in [4.78, 5) is 26.7. The molecule has 5 nitrogen and oxygen atoms in total. The molecule has 1 aromatic rings. The van der Waals surface area contributed by atoms with Crippen molar-refractivity contribution in [2.24, 2.45) is 0 Å². The lowest BCUT2D eigenvalue weighted by Gasteiger charge is -2.13. The minimum atomic E-state index is -0.187. The Hall–Kier alpha value is -1.72. The maximum absolute atomic E-state index is 12.3. The first-order valence-electron chi connectivity index (χ1n) is 6.41. The van der Waals surface area contributed by atoms with E-state index in [4.69, 9.17) is 0 Å². The van der Waals surface area contributed by atoms with Crippen molar-refractivity contribution in [1.82, 2.24) is 9.47 Å². The quantitative estimate of drug-likeness (QED) is 0.752. The molecule has 3 atom stereocenters. The largest absolute Gasteiger partial charge is 0.392 e. The molecule has 0 aromatic carbocycles.